The SMILES string of the molecule is Cc1cc(N(CC(=O)O)C(C)C)ccc1C(N)=O. The van der Waals surface area contributed by atoms with Gasteiger partial charge in [0.2, 0.25) is 5.91 Å². The number of amides is 1. The lowest BCUT2D eigenvalue weighted by Gasteiger charge is -2.27. The molecule has 0 aliphatic heterocycles. The van der Waals surface area contributed by atoms with Gasteiger partial charge in [0.05, 0.1) is 0 Å². The first-order chi connectivity index (χ1) is 8.32. The molecule has 1 aromatic carbocycles. The molecule has 1 rings (SSSR count). The first-order valence-electron chi connectivity index (χ1n) is 5.71. The van der Waals surface area contributed by atoms with Gasteiger partial charge < -0.3 is 15.7 Å². The van der Waals surface area contributed by atoms with E-state index >= 15 is 0 Å². The van der Waals surface area contributed by atoms with E-state index in [2.05, 4.69) is 0 Å². The fourth-order valence-corrected chi connectivity index (χ4v) is 1.82. The summed E-state index contributed by atoms with van der Waals surface area (Å²) < 4.78 is 0. The van der Waals surface area contributed by atoms with Crippen molar-refractivity contribution in [1.29, 1.82) is 0 Å². The van der Waals surface area contributed by atoms with Crippen LogP contribution in [-0.4, -0.2) is 29.6 Å². The number of carbonyl (C=O) groups excluding carboxylic acids is 1. The van der Waals surface area contributed by atoms with Crippen molar-refractivity contribution in [3.63, 3.8) is 0 Å². The van der Waals surface area contributed by atoms with Gasteiger partial charge in [-0.1, -0.05) is 0 Å². The third-order valence-corrected chi connectivity index (χ3v) is 2.74. The Morgan fingerprint density at radius 3 is 2.39 bits per heavy atom. The van der Waals surface area contributed by atoms with Crippen molar-refractivity contribution in [3.05, 3.63) is 29.3 Å². The second-order valence-electron chi connectivity index (χ2n) is 4.48. The monoisotopic (exact) mass is 250 g/mol. The van der Waals surface area contributed by atoms with E-state index in [1.165, 1.54) is 0 Å². The Balaban J connectivity index is 3.10. The Bertz CT molecular complexity index is 469. The summed E-state index contributed by atoms with van der Waals surface area (Å²) in [5, 5.41) is 8.89. The predicted octanol–water partition coefficient (Wildman–Crippen LogP) is 1.39. The van der Waals surface area contributed by atoms with Gasteiger partial charge in [0, 0.05) is 17.3 Å². The number of rotatable bonds is 5. The lowest BCUT2D eigenvalue weighted by atomic mass is 10.1. The maximum Gasteiger partial charge on any atom is 0.323 e. The number of nitrogens with zero attached hydrogens (tertiary/aromatic N) is 1. The molecule has 0 radical (unpaired) electrons. The highest BCUT2D eigenvalue weighted by Crippen LogP contribution is 2.21. The zero-order valence-corrected chi connectivity index (χ0v) is 10.8. The third-order valence-electron chi connectivity index (χ3n) is 2.74. The molecule has 3 N–H and O–H groups in total. The molecule has 0 bridgehead atoms. The summed E-state index contributed by atoms with van der Waals surface area (Å²) in [4.78, 5) is 23.7. The van der Waals surface area contributed by atoms with E-state index in [4.69, 9.17) is 10.8 Å². The smallest absolute Gasteiger partial charge is 0.323 e. The van der Waals surface area contributed by atoms with Gasteiger partial charge in [0.15, 0.2) is 0 Å². The molecule has 18 heavy (non-hydrogen) atoms. The second-order valence-corrected chi connectivity index (χ2v) is 4.48. The van der Waals surface area contributed by atoms with E-state index in [-0.39, 0.29) is 12.6 Å². The zero-order valence-electron chi connectivity index (χ0n) is 10.8. The number of carboxylic acids is 1. The summed E-state index contributed by atoms with van der Waals surface area (Å²) in [6.07, 6.45) is 0. The molecule has 5 heteroatoms. The van der Waals surface area contributed by atoms with E-state index in [1.54, 1.807) is 30.0 Å². The van der Waals surface area contributed by atoms with Crippen molar-refractivity contribution in [3.8, 4) is 0 Å². The van der Waals surface area contributed by atoms with Crippen molar-refractivity contribution in [2.24, 2.45) is 5.73 Å². The molecule has 0 unspecified atom stereocenters. The van der Waals surface area contributed by atoms with Crippen LogP contribution in [0.2, 0.25) is 0 Å². The van der Waals surface area contributed by atoms with E-state index in [0.717, 1.165) is 11.3 Å². The van der Waals surface area contributed by atoms with E-state index < -0.39 is 11.9 Å². The highest BCUT2D eigenvalue weighted by molar-refractivity contribution is 5.94. The molecule has 0 atom stereocenters. The molecule has 0 saturated heterocycles. The number of hydrogen-bond acceptors (Lipinski definition) is 3. The van der Waals surface area contributed by atoms with Crippen LogP contribution in [0.3, 0.4) is 0 Å². The van der Waals surface area contributed by atoms with Gasteiger partial charge in [0.25, 0.3) is 0 Å². The summed E-state index contributed by atoms with van der Waals surface area (Å²) in [6.45, 7) is 5.54. The van der Waals surface area contributed by atoms with Crippen LogP contribution >= 0.6 is 0 Å². The maximum atomic E-state index is 11.1. The number of carbonyl (C=O) groups is 2. The fourth-order valence-electron chi connectivity index (χ4n) is 1.82. The van der Waals surface area contributed by atoms with Gasteiger partial charge in [-0.05, 0) is 44.5 Å². The highest BCUT2D eigenvalue weighted by Gasteiger charge is 2.15. The molecule has 0 heterocycles. The number of benzene rings is 1. The average molecular weight is 250 g/mol. The van der Waals surface area contributed by atoms with Crippen LogP contribution in [-0.2, 0) is 4.79 Å². The molecule has 5 nitrogen and oxygen atoms in total. The van der Waals surface area contributed by atoms with Crippen LogP contribution < -0.4 is 10.6 Å². The number of aliphatic carboxylic acids is 1. The Kier molecular flexibility index (Phi) is 4.31. The molecular weight excluding hydrogens is 232 g/mol. The van der Waals surface area contributed by atoms with E-state index in [0.29, 0.717) is 5.56 Å². The molecule has 0 saturated carbocycles. The number of anilines is 1. The molecule has 98 valence electrons. The van der Waals surface area contributed by atoms with Crippen LogP contribution in [0.1, 0.15) is 29.8 Å². The van der Waals surface area contributed by atoms with Crippen molar-refractivity contribution in [2.45, 2.75) is 26.8 Å². The number of aryl methyl sites for hydroxylation is 1. The van der Waals surface area contributed by atoms with Gasteiger partial charge in [0.1, 0.15) is 6.54 Å². The van der Waals surface area contributed by atoms with Crippen LogP contribution in [0.15, 0.2) is 18.2 Å². The van der Waals surface area contributed by atoms with Crippen molar-refractivity contribution >= 4 is 17.6 Å². The predicted molar refractivity (Wildman–Crippen MR) is 69.8 cm³/mol. The lowest BCUT2D eigenvalue weighted by molar-refractivity contribution is -0.135. The van der Waals surface area contributed by atoms with Crippen molar-refractivity contribution in [2.75, 3.05) is 11.4 Å². The molecule has 1 aromatic rings. The van der Waals surface area contributed by atoms with Crippen molar-refractivity contribution in [1.82, 2.24) is 0 Å². The van der Waals surface area contributed by atoms with Gasteiger partial charge in [-0.15, -0.1) is 0 Å². The standard InChI is InChI=1S/C13H18N2O3/c1-8(2)15(7-12(16)17)10-4-5-11(13(14)18)9(3)6-10/h4-6,8H,7H2,1-3H3,(H2,14,18)(H,16,17). The number of hydrogen-bond donors (Lipinski definition) is 2. The summed E-state index contributed by atoms with van der Waals surface area (Å²) in [5.41, 5.74) is 7.21. The number of carboxylic acid groups (broad SMARTS) is 1. The fraction of sp³-hybridized carbons (Fsp3) is 0.385. The van der Waals surface area contributed by atoms with Crippen LogP contribution in [0.4, 0.5) is 5.69 Å². The average Bonchev–Trinajstić information content (AvgIpc) is 2.24. The zero-order chi connectivity index (χ0) is 13.9. The van der Waals surface area contributed by atoms with Gasteiger partial charge in [-0.2, -0.15) is 0 Å². The van der Waals surface area contributed by atoms with Crippen LogP contribution in [0.5, 0.6) is 0 Å². The Morgan fingerprint density at radius 1 is 1.39 bits per heavy atom. The minimum atomic E-state index is -0.889. The summed E-state index contributed by atoms with van der Waals surface area (Å²) in [6, 6.07) is 5.18. The Hall–Kier alpha value is -2.04. The summed E-state index contributed by atoms with van der Waals surface area (Å²) in [7, 11) is 0. The molecular formula is C13H18N2O3. The molecule has 1 amide bonds. The van der Waals surface area contributed by atoms with E-state index in [9.17, 15) is 9.59 Å². The maximum absolute atomic E-state index is 11.1. The third kappa shape index (κ3) is 3.23. The molecule has 0 aliphatic carbocycles. The molecule has 0 aliphatic rings. The second kappa shape index (κ2) is 5.53. The molecule has 0 fully saturated rings. The number of nitrogens with two attached hydrogens (primary N) is 1. The minimum absolute atomic E-state index is 0.0555. The van der Waals surface area contributed by atoms with Crippen LogP contribution in [0, 0.1) is 6.92 Å². The summed E-state index contributed by atoms with van der Waals surface area (Å²) >= 11 is 0. The lowest BCUT2D eigenvalue weighted by Crippen LogP contribution is -2.35. The Morgan fingerprint density at radius 2 is 2.00 bits per heavy atom. The first-order valence-corrected chi connectivity index (χ1v) is 5.71. The normalized spacial score (nSPS) is 10.4. The quantitative estimate of drug-likeness (QED) is 0.827. The van der Waals surface area contributed by atoms with Gasteiger partial charge in [-0.3, -0.25) is 9.59 Å². The molecule has 0 aromatic heterocycles. The topological polar surface area (TPSA) is 83.6 Å². The van der Waals surface area contributed by atoms with Crippen molar-refractivity contribution < 1.29 is 14.7 Å². The van der Waals surface area contributed by atoms with Gasteiger partial charge in [-0.25, -0.2) is 0 Å². The van der Waals surface area contributed by atoms with Crippen LogP contribution in [0.25, 0.3) is 0 Å². The minimum Gasteiger partial charge on any atom is -0.480 e. The Labute approximate surface area is 106 Å². The number of primary amides is 1. The van der Waals surface area contributed by atoms with E-state index in [1.807, 2.05) is 13.8 Å². The summed E-state index contributed by atoms with van der Waals surface area (Å²) in [5.74, 6) is -1.37. The first kappa shape index (κ1) is 14.0. The molecule has 0 spiro atoms. The largest absolute Gasteiger partial charge is 0.480 e. The highest BCUT2D eigenvalue weighted by atomic mass is 16.4. The van der Waals surface area contributed by atoms with Gasteiger partial charge >= 0.3 is 5.97 Å².